The Bertz CT molecular complexity index is 1180. The Morgan fingerprint density at radius 3 is 2.30 bits per heavy atom. The molecule has 3 aromatic rings. The van der Waals surface area contributed by atoms with E-state index in [-0.39, 0.29) is 11.7 Å². The third kappa shape index (κ3) is 5.49. The van der Waals surface area contributed by atoms with Crippen molar-refractivity contribution in [1.82, 2.24) is 15.3 Å². The highest BCUT2D eigenvalue weighted by atomic mass is 19.4. The number of para-hydroxylation sites is 1. The van der Waals surface area contributed by atoms with Crippen molar-refractivity contribution in [2.75, 3.05) is 0 Å². The predicted octanol–water partition coefficient (Wildman–Crippen LogP) is 4.44. The van der Waals surface area contributed by atoms with Gasteiger partial charge in [-0.3, -0.25) is 9.59 Å². The van der Waals surface area contributed by atoms with Gasteiger partial charge in [-0.05, 0) is 44.5 Å². The van der Waals surface area contributed by atoms with Crippen LogP contribution >= 0.6 is 0 Å². The highest BCUT2D eigenvalue weighted by Crippen LogP contribution is 2.35. The Labute approximate surface area is 189 Å². The van der Waals surface area contributed by atoms with Crippen molar-refractivity contribution in [3.8, 4) is 5.69 Å². The van der Waals surface area contributed by atoms with Crippen LogP contribution in [0.25, 0.3) is 5.69 Å². The number of hydrogen-bond acceptors (Lipinski definition) is 3. The van der Waals surface area contributed by atoms with Gasteiger partial charge in [0.2, 0.25) is 0 Å². The van der Waals surface area contributed by atoms with Crippen LogP contribution in [-0.2, 0) is 15.8 Å². The van der Waals surface area contributed by atoms with Gasteiger partial charge in [-0.2, -0.15) is 18.3 Å². The maximum atomic E-state index is 13.4. The zero-order chi connectivity index (χ0) is 24.2. The number of nitrogens with zero attached hydrogens (tertiary/aromatic N) is 2. The summed E-state index contributed by atoms with van der Waals surface area (Å²) in [6.45, 7) is 5.07. The molecule has 0 radical (unpaired) electrons. The van der Waals surface area contributed by atoms with Crippen molar-refractivity contribution in [2.45, 2.75) is 33.0 Å². The van der Waals surface area contributed by atoms with Gasteiger partial charge in [0.1, 0.15) is 0 Å². The Morgan fingerprint density at radius 2 is 1.64 bits per heavy atom. The predicted molar refractivity (Wildman–Crippen MR) is 119 cm³/mol. The lowest BCUT2D eigenvalue weighted by Gasteiger charge is -2.16. The van der Waals surface area contributed by atoms with E-state index in [4.69, 9.17) is 0 Å². The van der Waals surface area contributed by atoms with E-state index in [1.54, 1.807) is 26.8 Å². The monoisotopic (exact) mass is 456 g/mol. The molecule has 2 amide bonds. The average Bonchev–Trinajstić information content (AvgIpc) is 3.06. The number of benzene rings is 2. The first kappa shape index (κ1) is 23.8. The smallest absolute Gasteiger partial charge is 0.341 e. The average molecular weight is 456 g/mol. The van der Waals surface area contributed by atoms with E-state index in [2.05, 4.69) is 15.8 Å². The molecule has 9 heteroatoms. The third-order valence-electron chi connectivity index (χ3n) is 5.14. The molecule has 1 heterocycles. The van der Waals surface area contributed by atoms with Crippen molar-refractivity contribution in [2.24, 2.45) is 5.10 Å². The highest BCUT2D eigenvalue weighted by molar-refractivity contribution is 6.35. The van der Waals surface area contributed by atoms with Gasteiger partial charge in [0.15, 0.2) is 0 Å². The van der Waals surface area contributed by atoms with Gasteiger partial charge < -0.3 is 9.88 Å². The summed E-state index contributed by atoms with van der Waals surface area (Å²) in [5.41, 5.74) is 3.80. The second-order valence-corrected chi connectivity index (χ2v) is 7.48. The quantitative estimate of drug-likeness (QED) is 0.338. The van der Waals surface area contributed by atoms with Crippen LogP contribution in [0.1, 0.15) is 41.0 Å². The molecule has 0 unspecified atom stereocenters. The molecule has 1 aromatic heterocycles. The molecule has 0 saturated carbocycles. The lowest BCUT2D eigenvalue weighted by atomic mass is 10.1. The molecular weight excluding hydrogens is 433 g/mol. The molecule has 1 atom stereocenters. The fraction of sp³-hybridized carbons (Fsp3) is 0.208. The van der Waals surface area contributed by atoms with Gasteiger partial charge in [-0.15, -0.1) is 0 Å². The molecule has 0 aliphatic carbocycles. The number of aryl methyl sites for hydroxylation is 1. The Kier molecular flexibility index (Phi) is 7.01. The summed E-state index contributed by atoms with van der Waals surface area (Å²) in [7, 11) is 0. The standard InChI is InChI=1S/C24H23F3N4O2/c1-15-13-19(17(3)31(15)21-12-8-7-11-20(21)24(25,26)27)14-28-30-23(33)22(32)29-16(2)18-9-5-4-6-10-18/h4-14,16H,1-3H3,(H,29,32)(H,30,33)/b28-14-/t16-/m0/s1. The second kappa shape index (κ2) is 9.72. The third-order valence-corrected chi connectivity index (χ3v) is 5.14. The van der Waals surface area contributed by atoms with Gasteiger partial charge in [0.25, 0.3) is 0 Å². The Hall–Kier alpha value is -3.88. The Morgan fingerprint density at radius 1 is 1.00 bits per heavy atom. The number of alkyl halides is 3. The molecule has 0 aliphatic heterocycles. The molecule has 2 N–H and O–H groups in total. The number of rotatable bonds is 5. The molecule has 6 nitrogen and oxygen atoms in total. The minimum Gasteiger partial charge on any atom is -0.341 e. The maximum Gasteiger partial charge on any atom is 0.418 e. The molecule has 33 heavy (non-hydrogen) atoms. The van der Waals surface area contributed by atoms with Crippen LogP contribution in [0.4, 0.5) is 13.2 Å². The van der Waals surface area contributed by atoms with Gasteiger partial charge in [-0.1, -0.05) is 42.5 Å². The fourth-order valence-corrected chi connectivity index (χ4v) is 3.50. The lowest BCUT2D eigenvalue weighted by Crippen LogP contribution is -2.39. The summed E-state index contributed by atoms with van der Waals surface area (Å²) in [5, 5.41) is 6.38. The summed E-state index contributed by atoms with van der Waals surface area (Å²) in [6, 6.07) is 15.7. The summed E-state index contributed by atoms with van der Waals surface area (Å²) in [6.07, 6.45) is -3.22. The number of aromatic nitrogens is 1. The zero-order valence-corrected chi connectivity index (χ0v) is 18.3. The summed E-state index contributed by atoms with van der Waals surface area (Å²) < 4.78 is 41.8. The first-order chi connectivity index (χ1) is 15.6. The zero-order valence-electron chi connectivity index (χ0n) is 18.3. The SMILES string of the molecule is Cc1cc(/C=N\NC(=O)C(=O)N[C@@H](C)c2ccccc2)c(C)n1-c1ccccc1C(F)(F)F. The molecule has 0 spiro atoms. The van der Waals surface area contributed by atoms with E-state index in [9.17, 15) is 22.8 Å². The van der Waals surface area contributed by atoms with Gasteiger partial charge in [0.05, 0.1) is 23.5 Å². The first-order valence-corrected chi connectivity index (χ1v) is 10.1. The summed E-state index contributed by atoms with van der Waals surface area (Å²) in [5.74, 6) is -1.81. The van der Waals surface area contributed by atoms with E-state index in [1.165, 1.54) is 29.0 Å². The fourth-order valence-electron chi connectivity index (χ4n) is 3.50. The van der Waals surface area contributed by atoms with Gasteiger partial charge >= 0.3 is 18.0 Å². The van der Waals surface area contributed by atoms with Crippen LogP contribution in [0.15, 0.2) is 65.8 Å². The molecule has 3 rings (SSSR count). The summed E-state index contributed by atoms with van der Waals surface area (Å²) >= 11 is 0. The minimum atomic E-state index is -4.51. The second-order valence-electron chi connectivity index (χ2n) is 7.48. The van der Waals surface area contributed by atoms with Crippen molar-refractivity contribution in [1.29, 1.82) is 0 Å². The van der Waals surface area contributed by atoms with Crippen LogP contribution in [0, 0.1) is 13.8 Å². The summed E-state index contributed by atoms with van der Waals surface area (Å²) in [4.78, 5) is 24.2. The highest BCUT2D eigenvalue weighted by Gasteiger charge is 2.34. The molecular formula is C24H23F3N4O2. The minimum absolute atomic E-state index is 0.00189. The molecule has 0 fully saturated rings. The van der Waals surface area contributed by atoms with E-state index in [1.807, 2.05) is 30.3 Å². The van der Waals surface area contributed by atoms with Crippen LogP contribution in [0.5, 0.6) is 0 Å². The Balaban J connectivity index is 1.72. The molecule has 0 aliphatic rings. The van der Waals surface area contributed by atoms with Crippen molar-refractivity contribution < 1.29 is 22.8 Å². The number of hydrogen-bond donors (Lipinski definition) is 2. The largest absolute Gasteiger partial charge is 0.418 e. The lowest BCUT2D eigenvalue weighted by molar-refractivity contribution is -0.139. The van der Waals surface area contributed by atoms with Crippen molar-refractivity contribution in [3.63, 3.8) is 0 Å². The first-order valence-electron chi connectivity index (χ1n) is 10.1. The van der Waals surface area contributed by atoms with Crippen molar-refractivity contribution >= 4 is 18.0 Å². The van der Waals surface area contributed by atoms with E-state index < -0.39 is 23.6 Å². The number of hydrazone groups is 1. The number of amides is 2. The van der Waals surface area contributed by atoms with Gasteiger partial charge in [-0.25, -0.2) is 5.43 Å². The molecule has 2 aromatic carbocycles. The molecule has 0 bridgehead atoms. The topological polar surface area (TPSA) is 75.5 Å². The number of nitrogens with one attached hydrogen (secondary N) is 2. The van der Waals surface area contributed by atoms with E-state index in [0.29, 0.717) is 17.0 Å². The van der Waals surface area contributed by atoms with E-state index in [0.717, 1.165) is 11.6 Å². The van der Waals surface area contributed by atoms with Crippen molar-refractivity contribution in [3.05, 3.63) is 88.7 Å². The normalized spacial score (nSPS) is 12.5. The number of carbonyl (C=O) groups excluding carboxylic acids is 2. The van der Waals surface area contributed by atoms with E-state index >= 15 is 0 Å². The number of carbonyl (C=O) groups is 2. The molecule has 0 saturated heterocycles. The number of halogens is 3. The van der Waals surface area contributed by atoms with Crippen LogP contribution in [-0.4, -0.2) is 22.6 Å². The van der Waals surface area contributed by atoms with Crippen LogP contribution < -0.4 is 10.7 Å². The molecule has 172 valence electrons. The van der Waals surface area contributed by atoms with Crippen LogP contribution in [0.2, 0.25) is 0 Å². The maximum absolute atomic E-state index is 13.4. The van der Waals surface area contributed by atoms with Gasteiger partial charge in [0, 0.05) is 17.0 Å². The van der Waals surface area contributed by atoms with Crippen LogP contribution in [0.3, 0.4) is 0 Å².